The van der Waals surface area contributed by atoms with Gasteiger partial charge in [-0.3, -0.25) is 4.98 Å². The molecular weight excluding hydrogens is 601 g/mol. The Morgan fingerprint density at radius 3 is 2.02 bits per heavy atom. The maximum Gasteiger partial charge on any atom is 0.333 e. The van der Waals surface area contributed by atoms with E-state index in [9.17, 15) is 0 Å². The molecule has 0 saturated heterocycles. The maximum atomic E-state index is 5.27. The summed E-state index contributed by atoms with van der Waals surface area (Å²) < 4.78 is 6.46. The van der Waals surface area contributed by atoms with Crippen LogP contribution in [0, 0.1) is 0 Å². The minimum Gasteiger partial charge on any atom is -0.374 e. The monoisotopic (exact) mass is 625 g/mol. The maximum absolute atomic E-state index is 5.27. The van der Waals surface area contributed by atoms with Crippen molar-refractivity contribution in [3.05, 3.63) is 146 Å². The summed E-state index contributed by atoms with van der Waals surface area (Å²) in [5, 5.41) is 6.42. The van der Waals surface area contributed by atoms with E-state index >= 15 is 0 Å². The van der Waals surface area contributed by atoms with E-state index < -0.39 is 0 Å². The average Bonchev–Trinajstić information content (AvgIpc) is 3.81. The van der Waals surface area contributed by atoms with Crippen molar-refractivity contribution in [1.29, 1.82) is 0 Å². The second-order valence-corrected chi connectivity index (χ2v) is 14.1. The Hall–Kier alpha value is -5.91. The number of rotatable bonds is 2. The van der Waals surface area contributed by atoms with Crippen LogP contribution in [-0.2, 0) is 0 Å². The van der Waals surface area contributed by atoms with Gasteiger partial charge in [0.1, 0.15) is 0 Å². The van der Waals surface area contributed by atoms with E-state index in [2.05, 4.69) is 149 Å². The highest BCUT2D eigenvalue weighted by Gasteiger charge is 2.43. The van der Waals surface area contributed by atoms with Gasteiger partial charge in [-0.15, -0.1) is 11.3 Å². The summed E-state index contributed by atoms with van der Waals surface area (Å²) >= 11 is 1.92. The SMILES string of the molecule is c1ccc(-c2sc3c4c5c(cc3c2-c2ccccc2)-n2c3ccccc3c3cccc(c32)B5n2c3ccccc3c3ccnc-4c32)cc1. The van der Waals surface area contributed by atoms with Gasteiger partial charge >= 0.3 is 6.85 Å². The molecule has 220 valence electrons. The van der Waals surface area contributed by atoms with Gasteiger partial charge in [-0.1, -0.05) is 115 Å². The van der Waals surface area contributed by atoms with Crippen molar-refractivity contribution >= 4 is 82.8 Å². The predicted octanol–water partition coefficient (Wildman–Crippen LogP) is 9.78. The Labute approximate surface area is 280 Å². The lowest BCUT2D eigenvalue weighted by atomic mass is 9.46. The lowest BCUT2D eigenvalue weighted by Gasteiger charge is -2.33. The van der Waals surface area contributed by atoms with Gasteiger partial charge in [0.05, 0.1) is 22.2 Å². The van der Waals surface area contributed by atoms with Crippen LogP contribution in [0.1, 0.15) is 0 Å². The molecule has 0 fully saturated rings. The highest BCUT2D eigenvalue weighted by atomic mass is 32.1. The van der Waals surface area contributed by atoms with Crippen molar-refractivity contribution in [2.45, 2.75) is 0 Å². The van der Waals surface area contributed by atoms with Gasteiger partial charge in [0, 0.05) is 65.0 Å². The number of hydrogen-bond acceptors (Lipinski definition) is 2. The van der Waals surface area contributed by atoms with Crippen molar-refractivity contribution in [2.24, 2.45) is 0 Å². The molecule has 2 aliphatic heterocycles. The lowest BCUT2D eigenvalue weighted by molar-refractivity contribution is 1.17. The summed E-state index contributed by atoms with van der Waals surface area (Å²) in [6.07, 6.45) is 2.02. The molecule has 0 aliphatic carbocycles. The number of pyridine rings is 1. The molecule has 12 rings (SSSR count). The van der Waals surface area contributed by atoms with Gasteiger partial charge in [-0.05, 0) is 46.3 Å². The van der Waals surface area contributed by atoms with Crippen LogP contribution >= 0.6 is 11.3 Å². The highest BCUT2D eigenvalue weighted by molar-refractivity contribution is 7.24. The first kappa shape index (κ1) is 25.2. The van der Waals surface area contributed by atoms with E-state index in [0.29, 0.717) is 0 Å². The number of para-hydroxylation sites is 3. The van der Waals surface area contributed by atoms with Gasteiger partial charge in [0.2, 0.25) is 0 Å². The van der Waals surface area contributed by atoms with Crippen LogP contribution < -0.4 is 10.9 Å². The zero-order chi connectivity index (χ0) is 31.1. The van der Waals surface area contributed by atoms with Crippen LogP contribution in [-0.4, -0.2) is 20.9 Å². The van der Waals surface area contributed by atoms with Crippen LogP contribution in [0.3, 0.4) is 0 Å². The predicted molar refractivity (Wildman–Crippen MR) is 204 cm³/mol. The Morgan fingerprint density at radius 1 is 0.542 bits per heavy atom. The zero-order valence-corrected chi connectivity index (χ0v) is 26.5. The molecule has 48 heavy (non-hydrogen) atoms. The molecule has 3 nitrogen and oxygen atoms in total. The molecule has 10 aromatic rings. The summed E-state index contributed by atoms with van der Waals surface area (Å²) in [5.41, 5.74) is 15.1. The molecule has 5 heteroatoms. The van der Waals surface area contributed by atoms with E-state index in [1.165, 1.54) is 97.4 Å². The number of aromatic nitrogens is 3. The second kappa shape index (κ2) is 8.91. The fraction of sp³-hybridized carbons (Fsp3) is 0. The van der Waals surface area contributed by atoms with Gasteiger partial charge in [0.15, 0.2) is 0 Å². The van der Waals surface area contributed by atoms with Crippen LogP contribution in [0.2, 0.25) is 0 Å². The number of benzene rings is 6. The Morgan fingerprint density at radius 2 is 1.21 bits per heavy atom. The van der Waals surface area contributed by atoms with Crippen molar-refractivity contribution in [1.82, 2.24) is 14.0 Å². The normalized spacial score (nSPS) is 13.0. The summed E-state index contributed by atoms with van der Waals surface area (Å²) in [4.78, 5) is 6.57. The van der Waals surface area contributed by atoms with Crippen molar-refractivity contribution in [3.8, 4) is 38.5 Å². The number of nitrogens with zero attached hydrogens (tertiary/aromatic N) is 3. The Kier molecular flexibility index (Phi) is 4.68. The Balaban J connectivity index is 1.37. The third kappa shape index (κ3) is 2.95. The minimum absolute atomic E-state index is 0.0152. The van der Waals surface area contributed by atoms with E-state index in [-0.39, 0.29) is 6.85 Å². The summed E-state index contributed by atoms with van der Waals surface area (Å²) in [5.74, 6) is 0. The second-order valence-electron chi connectivity index (χ2n) is 13.0. The molecule has 0 amide bonds. The van der Waals surface area contributed by atoms with E-state index in [0.717, 1.165) is 5.69 Å². The molecular formula is C43H24BN3S. The number of fused-ring (bicyclic) bond motifs is 12. The summed E-state index contributed by atoms with van der Waals surface area (Å²) in [6.45, 7) is 0.0152. The van der Waals surface area contributed by atoms with E-state index in [4.69, 9.17) is 4.98 Å². The molecule has 0 atom stereocenters. The molecule has 2 aliphatic rings. The fourth-order valence-electron chi connectivity index (χ4n) is 8.95. The first-order chi connectivity index (χ1) is 23.9. The van der Waals surface area contributed by atoms with Crippen molar-refractivity contribution in [2.75, 3.05) is 0 Å². The molecule has 6 aromatic carbocycles. The third-order valence-electron chi connectivity index (χ3n) is 10.7. The summed E-state index contributed by atoms with van der Waals surface area (Å²) in [6, 6.07) is 51.3. The lowest BCUT2D eigenvalue weighted by Crippen LogP contribution is -2.55. The summed E-state index contributed by atoms with van der Waals surface area (Å²) in [7, 11) is 0. The van der Waals surface area contributed by atoms with Crippen LogP contribution in [0.15, 0.2) is 146 Å². The third-order valence-corrected chi connectivity index (χ3v) is 12.0. The fourth-order valence-corrected chi connectivity index (χ4v) is 10.3. The van der Waals surface area contributed by atoms with Gasteiger partial charge in [-0.25, -0.2) is 0 Å². The molecule has 0 spiro atoms. The number of hydrogen-bond donors (Lipinski definition) is 0. The van der Waals surface area contributed by atoms with Crippen LogP contribution in [0.4, 0.5) is 0 Å². The molecule has 6 heterocycles. The van der Waals surface area contributed by atoms with E-state index in [1.54, 1.807) is 0 Å². The molecule has 0 radical (unpaired) electrons. The highest BCUT2D eigenvalue weighted by Crippen LogP contribution is 2.51. The molecule has 0 N–H and O–H groups in total. The van der Waals surface area contributed by atoms with Gasteiger partial charge < -0.3 is 9.05 Å². The van der Waals surface area contributed by atoms with Crippen LogP contribution in [0.5, 0.6) is 0 Å². The van der Waals surface area contributed by atoms with Crippen molar-refractivity contribution < 1.29 is 0 Å². The first-order valence-corrected chi connectivity index (χ1v) is 17.3. The van der Waals surface area contributed by atoms with Crippen molar-refractivity contribution in [3.63, 3.8) is 0 Å². The smallest absolute Gasteiger partial charge is 0.333 e. The van der Waals surface area contributed by atoms with E-state index in [1.807, 2.05) is 17.5 Å². The zero-order valence-electron chi connectivity index (χ0n) is 25.7. The van der Waals surface area contributed by atoms with Gasteiger partial charge in [0.25, 0.3) is 0 Å². The standard InChI is InChI=1S/C43H24BN3S/c1-3-12-25(13-4-1)36-31-24-35-38-37(43(31)48-42(36)26-14-5-2-6-15-26)39-41-30(22-23-45-39)28-17-8-10-21-34(28)47(41)44(38)32-19-11-18-29-27-16-7-9-20-33(27)46(35)40(29)32/h1-24H. The number of thiophene rings is 1. The first-order valence-electron chi connectivity index (χ1n) is 16.5. The largest absolute Gasteiger partial charge is 0.374 e. The minimum atomic E-state index is 0.0152. The molecule has 0 bridgehead atoms. The Bertz CT molecular complexity index is 3000. The topological polar surface area (TPSA) is 22.8 Å². The van der Waals surface area contributed by atoms with Gasteiger partial charge in [-0.2, -0.15) is 0 Å². The van der Waals surface area contributed by atoms with Crippen LogP contribution in [0.25, 0.3) is 92.2 Å². The quantitative estimate of drug-likeness (QED) is 0.175. The molecule has 0 unspecified atom stereocenters. The average molecular weight is 626 g/mol. The molecule has 4 aromatic heterocycles. The molecule has 0 saturated carbocycles.